The molecule has 4 aromatic rings. The SMILES string of the molecule is O=[N+]([O-])c1ccc([C@@H](c2ccccc2)c2cccc3ccccc23)cc1. The third-order valence-electron chi connectivity index (χ3n) is 4.70. The zero-order valence-corrected chi connectivity index (χ0v) is 14.1. The van der Waals surface area contributed by atoms with Gasteiger partial charge >= 0.3 is 0 Å². The number of nitro benzene ring substituents is 1. The van der Waals surface area contributed by atoms with Crippen LogP contribution in [0, 0.1) is 10.1 Å². The largest absolute Gasteiger partial charge is 0.269 e. The number of hydrogen-bond acceptors (Lipinski definition) is 2. The Hall–Kier alpha value is -3.46. The molecule has 0 saturated heterocycles. The fourth-order valence-corrected chi connectivity index (χ4v) is 3.49. The first-order valence-corrected chi connectivity index (χ1v) is 8.51. The van der Waals surface area contributed by atoms with Crippen molar-refractivity contribution in [3.63, 3.8) is 0 Å². The predicted octanol–water partition coefficient (Wildman–Crippen LogP) is 5.93. The van der Waals surface area contributed by atoms with E-state index in [9.17, 15) is 10.1 Å². The summed E-state index contributed by atoms with van der Waals surface area (Å²) in [5.41, 5.74) is 3.51. The highest BCUT2D eigenvalue weighted by Crippen LogP contribution is 2.36. The van der Waals surface area contributed by atoms with Crippen molar-refractivity contribution < 1.29 is 4.92 Å². The highest BCUT2D eigenvalue weighted by Gasteiger charge is 2.19. The molecule has 26 heavy (non-hydrogen) atoms. The van der Waals surface area contributed by atoms with E-state index in [1.54, 1.807) is 12.1 Å². The fraction of sp³-hybridized carbons (Fsp3) is 0.0435. The molecule has 0 saturated carbocycles. The van der Waals surface area contributed by atoms with E-state index in [4.69, 9.17) is 0 Å². The maximum Gasteiger partial charge on any atom is 0.269 e. The van der Waals surface area contributed by atoms with Crippen LogP contribution >= 0.6 is 0 Å². The van der Waals surface area contributed by atoms with Gasteiger partial charge in [0.05, 0.1) is 4.92 Å². The van der Waals surface area contributed by atoms with Gasteiger partial charge in [-0.25, -0.2) is 0 Å². The van der Waals surface area contributed by atoms with Crippen LogP contribution < -0.4 is 0 Å². The minimum absolute atomic E-state index is 0.0168. The molecule has 0 N–H and O–H groups in total. The maximum atomic E-state index is 11.0. The van der Waals surface area contributed by atoms with Crippen molar-refractivity contribution in [1.82, 2.24) is 0 Å². The van der Waals surface area contributed by atoms with Crippen molar-refractivity contribution in [2.45, 2.75) is 5.92 Å². The second-order valence-corrected chi connectivity index (χ2v) is 6.26. The Kier molecular flexibility index (Phi) is 4.20. The molecule has 0 amide bonds. The van der Waals surface area contributed by atoms with Crippen molar-refractivity contribution in [2.75, 3.05) is 0 Å². The first kappa shape index (κ1) is 16.0. The first-order chi connectivity index (χ1) is 12.7. The van der Waals surface area contributed by atoms with E-state index in [1.165, 1.54) is 16.3 Å². The Labute approximate surface area is 151 Å². The highest BCUT2D eigenvalue weighted by molar-refractivity contribution is 5.87. The van der Waals surface area contributed by atoms with Gasteiger partial charge in [0, 0.05) is 18.1 Å². The standard InChI is InChI=1S/C23H17NO2/c25-24(26)20-15-13-19(14-16-20)23(18-8-2-1-3-9-18)22-12-6-10-17-7-4-5-11-21(17)22/h1-16,23H/t23-/m1/s1. The van der Waals surface area contributed by atoms with Crippen molar-refractivity contribution >= 4 is 16.5 Å². The minimum atomic E-state index is -0.362. The van der Waals surface area contributed by atoms with Crippen LogP contribution in [0.2, 0.25) is 0 Å². The van der Waals surface area contributed by atoms with Crippen molar-refractivity contribution in [1.29, 1.82) is 0 Å². The number of non-ortho nitro benzene ring substituents is 1. The average molecular weight is 339 g/mol. The first-order valence-electron chi connectivity index (χ1n) is 8.51. The fourth-order valence-electron chi connectivity index (χ4n) is 3.49. The van der Waals surface area contributed by atoms with Crippen LogP contribution in [0.25, 0.3) is 10.8 Å². The molecule has 0 radical (unpaired) electrons. The Morgan fingerprint density at radius 3 is 2.00 bits per heavy atom. The molecule has 1 atom stereocenters. The van der Waals surface area contributed by atoms with Crippen molar-refractivity contribution in [3.8, 4) is 0 Å². The summed E-state index contributed by atoms with van der Waals surface area (Å²) in [6, 6.07) is 31.8. The van der Waals surface area contributed by atoms with E-state index >= 15 is 0 Å². The Bertz CT molecular complexity index is 1050. The van der Waals surface area contributed by atoms with Crippen LogP contribution in [-0.2, 0) is 0 Å². The van der Waals surface area contributed by atoms with Crippen molar-refractivity contribution in [2.24, 2.45) is 0 Å². The number of fused-ring (bicyclic) bond motifs is 1. The van der Waals surface area contributed by atoms with E-state index in [0.717, 1.165) is 11.1 Å². The smallest absolute Gasteiger partial charge is 0.258 e. The molecule has 0 bridgehead atoms. The van der Waals surface area contributed by atoms with Gasteiger partial charge in [-0.3, -0.25) is 10.1 Å². The number of benzene rings is 4. The van der Waals surface area contributed by atoms with E-state index in [1.807, 2.05) is 42.5 Å². The molecule has 0 spiro atoms. The molecule has 4 rings (SSSR count). The number of nitro groups is 1. The van der Waals surface area contributed by atoms with Gasteiger partial charge in [-0.05, 0) is 27.5 Å². The topological polar surface area (TPSA) is 43.1 Å². The van der Waals surface area contributed by atoms with Crippen molar-refractivity contribution in [3.05, 3.63) is 124 Å². The molecule has 3 heteroatoms. The molecule has 4 aromatic carbocycles. The normalized spacial score (nSPS) is 12.0. The third-order valence-corrected chi connectivity index (χ3v) is 4.70. The molecule has 3 nitrogen and oxygen atoms in total. The summed E-state index contributed by atoms with van der Waals surface area (Å²) in [6.45, 7) is 0. The molecule has 126 valence electrons. The molecule has 0 aromatic heterocycles. The summed E-state index contributed by atoms with van der Waals surface area (Å²) < 4.78 is 0. The quantitative estimate of drug-likeness (QED) is 0.263. The zero-order valence-electron chi connectivity index (χ0n) is 14.1. The Morgan fingerprint density at radius 2 is 1.27 bits per heavy atom. The monoisotopic (exact) mass is 339 g/mol. The molecule has 0 aliphatic carbocycles. The lowest BCUT2D eigenvalue weighted by atomic mass is 9.83. The molecular weight excluding hydrogens is 322 g/mol. The van der Waals surface area contributed by atoms with Gasteiger partial charge in [0.1, 0.15) is 0 Å². The maximum absolute atomic E-state index is 11.0. The van der Waals surface area contributed by atoms with Crippen LogP contribution in [0.1, 0.15) is 22.6 Å². The average Bonchev–Trinajstić information content (AvgIpc) is 2.70. The molecule has 0 unspecified atom stereocenters. The van der Waals surface area contributed by atoms with Gasteiger partial charge in [-0.15, -0.1) is 0 Å². The van der Waals surface area contributed by atoms with E-state index in [-0.39, 0.29) is 16.5 Å². The van der Waals surface area contributed by atoms with E-state index in [0.29, 0.717) is 0 Å². The van der Waals surface area contributed by atoms with Crippen LogP contribution in [0.15, 0.2) is 97.1 Å². The zero-order chi connectivity index (χ0) is 17.9. The predicted molar refractivity (Wildman–Crippen MR) is 104 cm³/mol. The summed E-state index contributed by atoms with van der Waals surface area (Å²) >= 11 is 0. The summed E-state index contributed by atoms with van der Waals surface area (Å²) in [5.74, 6) is 0.0168. The van der Waals surface area contributed by atoms with E-state index < -0.39 is 0 Å². The summed E-state index contributed by atoms with van der Waals surface area (Å²) in [6.07, 6.45) is 0. The second kappa shape index (κ2) is 6.81. The minimum Gasteiger partial charge on any atom is -0.258 e. The molecule has 0 aliphatic heterocycles. The summed E-state index contributed by atoms with van der Waals surface area (Å²) in [5, 5.41) is 13.4. The Balaban J connectivity index is 1.93. The third kappa shape index (κ3) is 2.95. The number of hydrogen-bond donors (Lipinski definition) is 0. The van der Waals surface area contributed by atoms with Crippen LogP contribution in [-0.4, -0.2) is 4.92 Å². The van der Waals surface area contributed by atoms with Crippen LogP contribution in [0.3, 0.4) is 0 Å². The van der Waals surface area contributed by atoms with E-state index in [2.05, 4.69) is 42.5 Å². The lowest BCUT2D eigenvalue weighted by Gasteiger charge is -2.20. The van der Waals surface area contributed by atoms with Gasteiger partial charge in [0.25, 0.3) is 5.69 Å². The summed E-state index contributed by atoms with van der Waals surface area (Å²) in [4.78, 5) is 10.6. The number of nitrogens with zero attached hydrogens (tertiary/aromatic N) is 1. The van der Waals surface area contributed by atoms with Gasteiger partial charge in [0.2, 0.25) is 0 Å². The van der Waals surface area contributed by atoms with Crippen LogP contribution in [0.5, 0.6) is 0 Å². The lowest BCUT2D eigenvalue weighted by Crippen LogP contribution is -2.04. The van der Waals surface area contributed by atoms with Gasteiger partial charge in [-0.2, -0.15) is 0 Å². The molecule has 0 fully saturated rings. The van der Waals surface area contributed by atoms with Gasteiger partial charge in [0.15, 0.2) is 0 Å². The lowest BCUT2D eigenvalue weighted by molar-refractivity contribution is -0.384. The molecule has 0 heterocycles. The number of rotatable bonds is 4. The highest BCUT2D eigenvalue weighted by atomic mass is 16.6. The van der Waals surface area contributed by atoms with Gasteiger partial charge in [-0.1, -0.05) is 84.9 Å². The summed E-state index contributed by atoms with van der Waals surface area (Å²) in [7, 11) is 0. The van der Waals surface area contributed by atoms with Crippen LogP contribution in [0.4, 0.5) is 5.69 Å². The molecule has 0 aliphatic rings. The Morgan fingerprint density at radius 1 is 0.654 bits per heavy atom. The molecular formula is C23H17NO2. The second-order valence-electron chi connectivity index (χ2n) is 6.26. The van der Waals surface area contributed by atoms with Gasteiger partial charge < -0.3 is 0 Å².